The van der Waals surface area contributed by atoms with E-state index in [0.29, 0.717) is 6.54 Å². The highest BCUT2D eigenvalue weighted by Gasteiger charge is 2.12. The maximum atomic E-state index is 8.98. The lowest BCUT2D eigenvalue weighted by atomic mass is 9.98. The second kappa shape index (κ2) is 6.19. The SMILES string of the molecule is Nc1cccc(C(NCCO)c2ccccc2)c1. The summed E-state index contributed by atoms with van der Waals surface area (Å²) in [6, 6.07) is 18.0. The van der Waals surface area contributed by atoms with Gasteiger partial charge in [0, 0.05) is 12.2 Å². The topological polar surface area (TPSA) is 58.3 Å². The van der Waals surface area contributed by atoms with Crippen molar-refractivity contribution in [2.24, 2.45) is 0 Å². The van der Waals surface area contributed by atoms with E-state index in [2.05, 4.69) is 17.4 Å². The van der Waals surface area contributed by atoms with Crippen LogP contribution in [0.4, 0.5) is 5.69 Å². The Kier molecular flexibility index (Phi) is 4.34. The number of nitrogen functional groups attached to an aromatic ring is 1. The molecule has 1 atom stereocenters. The van der Waals surface area contributed by atoms with Crippen molar-refractivity contribution in [1.82, 2.24) is 5.32 Å². The van der Waals surface area contributed by atoms with Crippen molar-refractivity contribution < 1.29 is 5.11 Å². The molecule has 18 heavy (non-hydrogen) atoms. The van der Waals surface area contributed by atoms with Gasteiger partial charge in [0.2, 0.25) is 0 Å². The quantitative estimate of drug-likeness (QED) is 0.702. The Hall–Kier alpha value is -1.84. The molecular weight excluding hydrogens is 224 g/mol. The highest BCUT2D eigenvalue weighted by Crippen LogP contribution is 2.23. The maximum Gasteiger partial charge on any atom is 0.0578 e. The molecule has 0 heterocycles. The minimum atomic E-state index is 0.0573. The summed E-state index contributed by atoms with van der Waals surface area (Å²) in [5.74, 6) is 0. The second-order valence-electron chi connectivity index (χ2n) is 4.19. The number of nitrogens with one attached hydrogen (secondary N) is 1. The Morgan fingerprint density at radius 3 is 2.39 bits per heavy atom. The number of nitrogens with two attached hydrogens (primary N) is 1. The van der Waals surface area contributed by atoms with Crippen LogP contribution in [0.25, 0.3) is 0 Å². The first-order chi connectivity index (χ1) is 8.81. The van der Waals surface area contributed by atoms with Gasteiger partial charge in [0.1, 0.15) is 0 Å². The second-order valence-corrected chi connectivity index (χ2v) is 4.19. The molecule has 0 aliphatic heterocycles. The summed E-state index contributed by atoms with van der Waals surface area (Å²) in [6.45, 7) is 0.667. The molecule has 2 aromatic rings. The highest BCUT2D eigenvalue weighted by atomic mass is 16.3. The number of rotatable bonds is 5. The van der Waals surface area contributed by atoms with Crippen LogP contribution in [0, 0.1) is 0 Å². The van der Waals surface area contributed by atoms with Gasteiger partial charge < -0.3 is 16.2 Å². The molecule has 0 saturated carbocycles. The molecule has 0 aliphatic carbocycles. The minimum absolute atomic E-state index is 0.0573. The summed E-state index contributed by atoms with van der Waals surface area (Å²) in [5.41, 5.74) is 8.84. The van der Waals surface area contributed by atoms with Crippen molar-refractivity contribution in [2.75, 3.05) is 18.9 Å². The Morgan fingerprint density at radius 1 is 1.00 bits per heavy atom. The van der Waals surface area contributed by atoms with Crippen LogP contribution in [-0.4, -0.2) is 18.3 Å². The number of benzene rings is 2. The standard InChI is InChI=1S/C15H18N2O/c16-14-8-4-7-13(11-14)15(17-9-10-18)12-5-2-1-3-6-12/h1-8,11,15,17-18H,9-10,16H2. The summed E-state index contributed by atoms with van der Waals surface area (Å²) < 4.78 is 0. The van der Waals surface area contributed by atoms with Gasteiger partial charge in [-0.15, -0.1) is 0 Å². The van der Waals surface area contributed by atoms with E-state index in [1.807, 2.05) is 42.5 Å². The van der Waals surface area contributed by atoms with Crippen LogP contribution in [-0.2, 0) is 0 Å². The van der Waals surface area contributed by atoms with Crippen molar-refractivity contribution >= 4 is 5.69 Å². The molecule has 0 radical (unpaired) electrons. The van der Waals surface area contributed by atoms with Gasteiger partial charge in [-0.2, -0.15) is 0 Å². The van der Waals surface area contributed by atoms with E-state index in [9.17, 15) is 0 Å². The summed E-state index contributed by atoms with van der Waals surface area (Å²) in [4.78, 5) is 0. The molecule has 0 aliphatic rings. The molecule has 0 spiro atoms. The van der Waals surface area contributed by atoms with Crippen molar-refractivity contribution in [3.05, 3.63) is 65.7 Å². The van der Waals surface area contributed by atoms with Gasteiger partial charge in [0.25, 0.3) is 0 Å². The van der Waals surface area contributed by atoms with E-state index in [4.69, 9.17) is 10.8 Å². The lowest BCUT2D eigenvalue weighted by Crippen LogP contribution is -2.25. The van der Waals surface area contributed by atoms with Gasteiger partial charge in [-0.05, 0) is 23.3 Å². The zero-order valence-electron chi connectivity index (χ0n) is 10.2. The van der Waals surface area contributed by atoms with Gasteiger partial charge in [0.15, 0.2) is 0 Å². The molecular formula is C15H18N2O. The largest absolute Gasteiger partial charge is 0.399 e. The minimum Gasteiger partial charge on any atom is -0.399 e. The van der Waals surface area contributed by atoms with Crippen LogP contribution in [0.15, 0.2) is 54.6 Å². The first kappa shape index (κ1) is 12.6. The zero-order valence-corrected chi connectivity index (χ0v) is 10.2. The average Bonchev–Trinajstić information content (AvgIpc) is 2.40. The molecule has 0 aromatic heterocycles. The van der Waals surface area contributed by atoms with E-state index in [1.165, 1.54) is 0 Å². The van der Waals surface area contributed by atoms with E-state index in [1.54, 1.807) is 0 Å². The van der Waals surface area contributed by atoms with Crippen LogP contribution in [0.2, 0.25) is 0 Å². The van der Waals surface area contributed by atoms with Gasteiger partial charge >= 0.3 is 0 Å². The maximum absolute atomic E-state index is 8.98. The molecule has 0 saturated heterocycles. The smallest absolute Gasteiger partial charge is 0.0578 e. The van der Waals surface area contributed by atoms with Crippen LogP contribution in [0.3, 0.4) is 0 Å². The molecule has 0 amide bonds. The van der Waals surface area contributed by atoms with Crippen LogP contribution >= 0.6 is 0 Å². The molecule has 0 fully saturated rings. The van der Waals surface area contributed by atoms with Crippen LogP contribution in [0.5, 0.6) is 0 Å². The number of aliphatic hydroxyl groups is 1. The van der Waals surface area contributed by atoms with Crippen molar-refractivity contribution in [1.29, 1.82) is 0 Å². The number of anilines is 1. The molecule has 2 rings (SSSR count). The van der Waals surface area contributed by atoms with Gasteiger partial charge in [-0.3, -0.25) is 0 Å². The highest BCUT2D eigenvalue weighted by molar-refractivity contribution is 5.44. The van der Waals surface area contributed by atoms with Crippen molar-refractivity contribution in [3.63, 3.8) is 0 Å². The monoisotopic (exact) mass is 242 g/mol. The number of hydrogen-bond acceptors (Lipinski definition) is 3. The zero-order chi connectivity index (χ0) is 12.8. The molecule has 2 aromatic carbocycles. The Morgan fingerprint density at radius 2 is 1.72 bits per heavy atom. The Bertz CT molecular complexity index is 485. The normalized spacial score (nSPS) is 12.3. The third kappa shape index (κ3) is 3.09. The lowest BCUT2D eigenvalue weighted by Gasteiger charge is -2.19. The molecule has 3 heteroatoms. The summed E-state index contributed by atoms with van der Waals surface area (Å²) in [7, 11) is 0. The van der Waals surface area contributed by atoms with Crippen molar-refractivity contribution in [2.45, 2.75) is 6.04 Å². The number of hydrogen-bond donors (Lipinski definition) is 3. The number of aliphatic hydroxyl groups excluding tert-OH is 1. The molecule has 3 nitrogen and oxygen atoms in total. The fraction of sp³-hybridized carbons (Fsp3) is 0.200. The first-order valence-corrected chi connectivity index (χ1v) is 6.06. The van der Waals surface area contributed by atoms with E-state index in [-0.39, 0.29) is 12.6 Å². The van der Waals surface area contributed by atoms with E-state index in [0.717, 1.165) is 16.8 Å². The predicted octanol–water partition coefficient (Wildman–Crippen LogP) is 1.94. The molecule has 0 bridgehead atoms. The summed E-state index contributed by atoms with van der Waals surface area (Å²) >= 11 is 0. The predicted molar refractivity (Wildman–Crippen MR) is 74.2 cm³/mol. The summed E-state index contributed by atoms with van der Waals surface area (Å²) in [5, 5.41) is 12.3. The Labute approximate surface area is 107 Å². The van der Waals surface area contributed by atoms with E-state index < -0.39 is 0 Å². The fourth-order valence-corrected chi connectivity index (χ4v) is 2.02. The third-order valence-corrected chi connectivity index (χ3v) is 2.84. The third-order valence-electron chi connectivity index (χ3n) is 2.84. The average molecular weight is 242 g/mol. The van der Waals surface area contributed by atoms with E-state index >= 15 is 0 Å². The molecule has 4 N–H and O–H groups in total. The Balaban J connectivity index is 2.31. The van der Waals surface area contributed by atoms with Crippen molar-refractivity contribution in [3.8, 4) is 0 Å². The van der Waals surface area contributed by atoms with Gasteiger partial charge in [-0.1, -0.05) is 42.5 Å². The van der Waals surface area contributed by atoms with Crippen LogP contribution < -0.4 is 11.1 Å². The molecule has 94 valence electrons. The lowest BCUT2D eigenvalue weighted by molar-refractivity contribution is 0.288. The van der Waals surface area contributed by atoms with Gasteiger partial charge in [0.05, 0.1) is 12.6 Å². The fourth-order valence-electron chi connectivity index (χ4n) is 2.02. The molecule has 1 unspecified atom stereocenters. The summed E-state index contributed by atoms with van der Waals surface area (Å²) in [6.07, 6.45) is 0. The van der Waals surface area contributed by atoms with Gasteiger partial charge in [-0.25, -0.2) is 0 Å². The van der Waals surface area contributed by atoms with Crippen LogP contribution in [0.1, 0.15) is 17.2 Å². The first-order valence-electron chi connectivity index (χ1n) is 6.06.